The highest BCUT2D eigenvalue weighted by molar-refractivity contribution is 6.77. The lowest BCUT2D eigenvalue weighted by Gasteiger charge is -2.31. The largest absolute Gasteiger partial charge is 0.333 e. The Morgan fingerprint density at radius 3 is 2.00 bits per heavy atom. The van der Waals surface area contributed by atoms with Crippen LogP contribution in [-0.2, 0) is 0 Å². The van der Waals surface area contributed by atoms with Gasteiger partial charge in [0.1, 0.15) is 8.24 Å². The summed E-state index contributed by atoms with van der Waals surface area (Å²) in [4.78, 5) is 3.75. The monoisotopic (exact) mass is 279 g/mol. The molecule has 0 spiro atoms. The molecule has 20 heavy (non-hydrogen) atoms. The zero-order chi connectivity index (χ0) is 14.2. The topological polar surface area (TPSA) is 12.0 Å². The highest BCUT2D eigenvalue weighted by Gasteiger charge is 2.40. The van der Waals surface area contributed by atoms with Crippen molar-refractivity contribution >= 4 is 8.24 Å². The first-order chi connectivity index (χ1) is 9.65. The fourth-order valence-corrected chi connectivity index (χ4v) is 6.30. The molecule has 0 amide bonds. The Labute approximate surface area is 122 Å². The van der Waals surface area contributed by atoms with Gasteiger partial charge in [-0.05, 0) is 22.3 Å². The van der Waals surface area contributed by atoms with Crippen molar-refractivity contribution < 1.29 is 0 Å². The zero-order valence-electron chi connectivity index (χ0n) is 12.2. The average molecular weight is 279 g/mol. The predicted molar refractivity (Wildman–Crippen MR) is 89.4 cm³/mol. The van der Waals surface area contributed by atoms with Crippen molar-refractivity contribution in [1.82, 2.24) is 4.98 Å². The number of fused-ring (bicyclic) bond motifs is 3. The molecule has 3 rings (SSSR count). The third-order valence-electron chi connectivity index (χ3n) is 4.26. The number of nitrogens with one attached hydrogen (secondary N) is 1. The van der Waals surface area contributed by atoms with Crippen LogP contribution in [0, 0.1) is 0 Å². The van der Waals surface area contributed by atoms with Gasteiger partial charge in [-0.2, -0.15) is 0 Å². The first-order valence-corrected chi connectivity index (χ1v) is 10.3. The second-order valence-electron chi connectivity index (χ2n) is 6.00. The molecule has 0 aromatic heterocycles. The van der Waals surface area contributed by atoms with Gasteiger partial charge in [0.25, 0.3) is 0 Å². The van der Waals surface area contributed by atoms with Crippen molar-refractivity contribution in [1.29, 1.82) is 0 Å². The third-order valence-corrected chi connectivity index (χ3v) is 7.44. The Balaban J connectivity index is 2.13. The molecule has 0 aliphatic heterocycles. The second kappa shape index (κ2) is 5.04. The summed E-state index contributed by atoms with van der Waals surface area (Å²) in [5, 5.41) is 0. The number of rotatable bonds is 4. The summed E-state index contributed by atoms with van der Waals surface area (Å²) in [5.41, 5.74) is 6.32. The van der Waals surface area contributed by atoms with E-state index >= 15 is 0 Å². The molecule has 2 heteroatoms. The minimum Gasteiger partial charge on any atom is -0.333 e. The molecule has 1 aliphatic rings. The summed E-state index contributed by atoms with van der Waals surface area (Å²) < 4.78 is 0. The maximum atomic E-state index is 3.84. The molecule has 0 saturated carbocycles. The van der Waals surface area contributed by atoms with Gasteiger partial charge in [-0.15, -0.1) is 6.58 Å². The van der Waals surface area contributed by atoms with Gasteiger partial charge < -0.3 is 4.98 Å². The van der Waals surface area contributed by atoms with E-state index in [2.05, 4.69) is 73.2 Å². The maximum Gasteiger partial charge on any atom is 0.131 e. The van der Waals surface area contributed by atoms with Crippen LogP contribution < -0.4 is 4.98 Å². The Bertz CT molecular complexity index is 600. The minimum atomic E-state index is -1.61. The normalized spacial score (nSPS) is 13.9. The first-order valence-electron chi connectivity index (χ1n) is 7.19. The lowest BCUT2D eigenvalue weighted by atomic mass is 10.1. The molecule has 1 aliphatic carbocycles. The molecule has 2 aromatic rings. The molecule has 1 N–H and O–H groups in total. The fourth-order valence-electron chi connectivity index (χ4n) is 3.37. The van der Waals surface area contributed by atoms with E-state index in [1.165, 1.54) is 22.3 Å². The summed E-state index contributed by atoms with van der Waals surface area (Å²) in [6, 6.07) is 17.7. The smallest absolute Gasteiger partial charge is 0.131 e. The lowest BCUT2D eigenvalue weighted by molar-refractivity contribution is 0.961. The molecular formula is C18H21NSi. The van der Waals surface area contributed by atoms with Gasteiger partial charge in [-0.3, -0.25) is 0 Å². The zero-order valence-corrected chi connectivity index (χ0v) is 13.2. The summed E-state index contributed by atoms with van der Waals surface area (Å²) in [5.74, 6) is 0. The van der Waals surface area contributed by atoms with E-state index in [1.807, 2.05) is 6.08 Å². The molecule has 0 heterocycles. The average Bonchev–Trinajstić information content (AvgIpc) is 2.80. The van der Waals surface area contributed by atoms with Crippen LogP contribution in [0.3, 0.4) is 0 Å². The lowest BCUT2D eigenvalue weighted by Crippen LogP contribution is -2.50. The molecule has 0 saturated heterocycles. The number of benzene rings is 2. The SMILES string of the molecule is C=CCN[Si](C)(C)C1c2ccccc2-c2ccccc21. The van der Waals surface area contributed by atoms with Gasteiger partial charge in [0.15, 0.2) is 0 Å². The van der Waals surface area contributed by atoms with Crippen LogP contribution in [0.1, 0.15) is 16.7 Å². The Hall–Kier alpha value is -1.64. The van der Waals surface area contributed by atoms with Crippen LogP contribution in [0.15, 0.2) is 61.2 Å². The second-order valence-corrected chi connectivity index (χ2v) is 10.4. The van der Waals surface area contributed by atoms with Crippen molar-refractivity contribution in [2.45, 2.75) is 18.6 Å². The summed E-state index contributed by atoms with van der Waals surface area (Å²) in [6.07, 6.45) is 1.96. The summed E-state index contributed by atoms with van der Waals surface area (Å²) >= 11 is 0. The van der Waals surface area contributed by atoms with E-state index in [0.717, 1.165) is 6.54 Å². The van der Waals surface area contributed by atoms with E-state index < -0.39 is 8.24 Å². The molecule has 0 unspecified atom stereocenters. The number of hydrogen-bond acceptors (Lipinski definition) is 1. The molecule has 0 radical (unpaired) electrons. The van der Waals surface area contributed by atoms with Gasteiger partial charge >= 0.3 is 0 Å². The van der Waals surface area contributed by atoms with Gasteiger partial charge in [0.05, 0.1) is 0 Å². The molecule has 0 fully saturated rings. The number of hydrogen-bond donors (Lipinski definition) is 1. The van der Waals surface area contributed by atoms with Crippen LogP contribution >= 0.6 is 0 Å². The van der Waals surface area contributed by atoms with Crippen molar-refractivity contribution in [3.63, 3.8) is 0 Å². The highest BCUT2D eigenvalue weighted by Crippen LogP contribution is 2.47. The van der Waals surface area contributed by atoms with E-state index in [-0.39, 0.29) is 0 Å². The van der Waals surface area contributed by atoms with E-state index in [1.54, 1.807) is 0 Å². The van der Waals surface area contributed by atoms with Gasteiger partial charge in [0, 0.05) is 12.1 Å². The fraction of sp³-hybridized carbons (Fsp3) is 0.222. The van der Waals surface area contributed by atoms with Crippen LogP contribution in [0.4, 0.5) is 0 Å². The third kappa shape index (κ3) is 2.05. The van der Waals surface area contributed by atoms with Crippen LogP contribution in [-0.4, -0.2) is 14.8 Å². The van der Waals surface area contributed by atoms with Gasteiger partial charge in [-0.25, -0.2) is 0 Å². The van der Waals surface area contributed by atoms with Crippen molar-refractivity contribution in [3.8, 4) is 11.1 Å². The molecule has 0 atom stereocenters. The predicted octanol–water partition coefficient (Wildman–Crippen LogP) is 4.32. The van der Waals surface area contributed by atoms with E-state index in [4.69, 9.17) is 0 Å². The Morgan fingerprint density at radius 1 is 1.00 bits per heavy atom. The van der Waals surface area contributed by atoms with E-state index in [0.29, 0.717) is 5.54 Å². The Kier molecular flexibility index (Phi) is 3.36. The maximum absolute atomic E-state index is 3.84. The van der Waals surface area contributed by atoms with Crippen LogP contribution in [0.2, 0.25) is 13.1 Å². The molecular weight excluding hydrogens is 258 g/mol. The summed E-state index contributed by atoms with van der Waals surface area (Å²) in [7, 11) is -1.61. The first kappa shape index (κ1) is 13.3. The molecule has 102 valence electrons. The minimum absolute atomic E-state index is 0.523. The molecule has 1 nitrogen and oxygen atoms in total. The van der Waals surface area contributed by atoms with Gasteiger partial charge in [-0.1, -0.05) is 67.7 Å². The Morgan fingerprint density at radius 2 is 1.50 bits per heavy atom. The molecule has 2 aromatic carbocycles. The summed E-state index contributed by atoms with van der Waals surface area (Å²) in [6.45, 7) is 9.56. The standard InChI is InChI=1S/C18H21NSi/c1-4-13-19-20(2,3)18-16-11-7-5-9-14(16)15-10-6-8-12-17(15)18/h4-12,18-19H,1,13H2,2-3H3. The van der Waals surface area contributed by atoms with E-state index in [9.17, 15) is 0 Å². The van der Waals surface area contributed by atoms with Crippen molar-refractivity contribution in [2.24, 2.45) is 0 Å². The van der Waals surface area contributed by atoms with Crippen LogP contribution in [0.5, 0.6) is 0 Å². The van der Waals surface area contributed by atoms with Crippen molar-refractivity contribution in [2.75, 3.05) is 6.54 Å². The molecule has 0 bridgehead atoms. The highest BCUT2D eigenvalue weighted by atomic mass is 28.3. The van der Waals surface area contributed by atoms with Gasteiger partial charge in [0.2, 0.25) is 0 Å². The van der Waals surface area contributed by atoms with Crippen molar-refractivity contribution in [3.05, 3.63) is 72.3 Å². The van der Waals surface area contributed by atoms with Crippen LogP contribution in [0.25, 0.3) is 11.1 Å². The quantitative estimate of drug-likeness (QED) is 0.649.